The summed E-state index contributed by atoms with van der Waals surface area (Å²) in [4.78, 5) is 22.4. The number of hydrogen-bond donors (Lipinski definition) is 0. The summed E-state index contributed by atoms with van der Waals surface area (Å²) in [5.74, 6) is -1.28. The lowest BCUT2D eigenvalue weighted by Crippen LogP contribution is -2.23. The Kier molecular flexibility index (Phi) is 8.12. The van der Waals surface area contributed by atoms with Gasteiger partial charge in [-0.25, -0.2) is 9.59 Å². The van der Waals surface area contributed by atoms with Gasteiger partial charge in [-0.3, -0.25) is 0 Å². The maximum absolute atomic E-state index is 11.2. The van der Waals surface area contributed by atoms with E-state index in [1.54, 1.807) is 0 Å². The molecule has 0 aromatic heterocycles. The van der Waals surface area contributed by atoms with Gasteiger partial charge in [-0.15, -0.1) is 10.2 Å². The molecule has 0 fully saturated rings. The van der Waals surface area contributed by atoms with E-state index in [9.17, 15) is 9.59 Å². The van der Waals surface area contributed by atoms with Gasteiger partial charge in [-0.2, -0.15) is 0 Å². The summed E-state index contributed by atoms with van der Waals surface area (Å²) in [6.07, 6.45) is 0.624. The van der Waals surface area contributed by atoms with E-state index in [1.807, 2.05) is 27.7 Å². The molecule has 0 aliphatic rings. The summed E-state index contributed by atoms with van der Waals surface area (Å²) in [7, 11) is 0. The van der Waals surface area contributed by atoms with Gasteiger partial charge in [-0.05, 0) is 0 Å². The van der Waals surface area contributed by atoms with Gasteiger partial charge in [0.2, 0.25) is 12.5 Å². The Hall–Kier alpha value is -1.98. The van der Waals surface area contributed by atoms with Crippen molar-refractivity contribution < 1.29 is 19.1 Å². The van der Waals surface area contributed by atoms with Crippen LogP contribution in [0.5, 0.6) is 0 Å². The number of carbonyl (C=O) groups excluding carboxylic acids is 2. The Balaban J connectivity index is 4.85. The molecule has 2 unspecified atom stereocenters. The first-order valence-corrected chi connectivity index (χ1v) is 6.37. The van der Waals surface area contributed by atoms with Crippen molar-refractivity contribution >= 4 is 11.9 Å². The molecule has 2 atom stereocenters. The van der Waals surface area contributed by atoms with Gasteiger partial charge < -0.3 is 9.47 Å². The number of rotatable bonds is 8. The zero-order valence-corrected chi connectivity index (χ0v) is 12.4. The molecule has 0 saturated carbocycles. The Morgan fingerprint density at radius 1 is 0.850 bits per heavy atom. The van der Waals surface area contributed by atoms with E-state index in [2.05, 4.69) is 23.4 Å². The van der Waals surface area contributed by atoms with Crippen LogP contribution in [0.25, 0.3) is 0 Å². The van der Waals surface area contributed by atoms with E-state index in [1.165, 1.54) is 0 Å². The zero-order chi connectivity index (χ0) is 15.7. The van der Waals surface area contributed by atoms with Crippen LogP contribution in [0.3, 0.4) is 0 Å². The van der Waals surface area contributed by atoms with Crippen LogP contribution in [0.4, 0.5) is 0 Å². The summed E-state index contributed by atoms with van der Waals surface area (Å²) in [5.41, 5.74) is 0. The van der Waals surface area contributed by atoms with Gasteiger partial charge in [0.25, 0.3) is 0 Å². The maximum Gasteiger partial charge on any atom is 0.332 e. The van der Waals surface area contributed by atoms with Crippen molar-refractivity contribution in [2.75, 3.05) is 0 Å². The molecular weight excluding hydrogens is 260 g/mol. The molecule has 0 N–H and O–H groups in total. The van der Waals surface area contributed by atoms with Crippen molar-refractivity contribution in [3.05, 3.63) is 25.3 Å². The maximum atomic E-state index is 11.2. The topological polar surface area (TPSA) is 77.3 Å². The monoisotopic (exact) mass is 282 g/mol. The van der Waals surface area contributed by atoms with E-state index >= 15 is 0 Å². The minimum atomic E-state index is -0.746. The summed E-state index contributed by atoms with van der Waals surface area (Å²) in [5, 5.41) is 7.89. The minimum Gasteiger partial charge on any atom is -0.435 e. The van der Waals surface area contributed by atoms with Crippen molar-refractivity contribution in [3.63, 3.8) is 0 Å². The third-order valence-electron chi connectivity index (χ3n) is 2.24. The van der Waals surface area contributed by atoms with Crippen LogP contribution >= 0.6 is 0 Å². The molecule has 0 aromatic rings. The van der Waals surface area contributed by atoms with Crippen molar-refractivity contribution in [2.24, 2.45) is 22.1 Å². The highest BCUT2D eigenvalue weighted by molar-refractivity contribution is 5.81. The van der Waals surface area contributed by atoms with E-state index in [0.29, 0.717) is 0 Å². The van der Waals surface area contributed by atoms with Crippen LogP contribution in [-0.4, -0.2) is 24.4 Å². The Morgan fingerprint density at radius 2 is 1.15 bits per heavy atom. The van der Waals surface area contributed by atoms with Gasteiger partial charge in [-0.1, -0.05) is 40.9 Å². The van der Waals surface area contributed by atoms with Crippen LogP contribution < -0.4 is 0 Å². The van der Waals surface area contributed by atoms with Crippen molar-refractivity contribution in [3.8, 4) is 0 Å². The highest BCUT2D eigenvalue weighted by Gasteiger charge is 2.20. The molecule has 0 aliphatic carbocycles. The first kappa shape index (κ1) is 18.0. The average Bonchev–Trinajstić information content (AvgIpc) is 2.40. The van der Waals surface area contributed by atoms with Crippen LogP contribution in [-0.2, 0) is 19.1 Å². The second-order valence-electron chi connectivity index (χ2n) is 4.78. The Bertz CT molecular complexity index is 353. The summed E-state index contributed by atoms with van der Waals surface area (Å²) >= 11 is 0. The summed E-state index contributed by atoms with van der Waals surface area (Å²) in [6.45, 7) is 14.0. The van der Waals surface area contributed by atoms with Crippen molar-refractivity contribution in [1.29, 1.82) is 0 Å². The molecule has 112 valence electrons. The number of carbonyl (C=O) groups is 2. The smallest absolute Gasteiger partial charge is 0.332 e. The second kappa shape index (κ2) is 9.01. The highest BCUT2D eigenvalue weighted by atomic mass is 16.6. The molecule has 0 amide bonds. The van der Waals surface area contributed by atoms with E-state index in [0.717, 1.165) is 12.2 Å². The normalized spacial score (nSPS) is 14.1. The molecule has 20 heavy (non-hydrogen) atoms. The lowest BCUT2D eigenvalue weighted by molar-refractivity contribution is -0.148. The molecule has 0 heterocycles. The fourth-order valence-corrected chi connectivity index (χ4v) is 1.05. The number of ether oxygens (including phenoxy) is 2. The van der Waals surface area contributed by atoms with E-state index in [-0.39, 0.29) is 11.8 Å². The van der Waals surface area contributed by atoms with Crippen LogP contribution in [0.15, 0.2) is 35.5 Å². The molecule has 0 radical (unpaired) electrons. The van der Waals surface area contributed by atoms with Gasteiger partial charge in [0.15, 0.2) is 0 Å². The molecule has 0 aromatic carbocycles. The predicted molar refractivity (Wildman–Crippen MR) is 74.7 cm³/mol. The van der Waals surface area contributed by atoms with E-state index in [4.69, 9.17) is 9.47 Å². The second-order valence-corrected chi connectivity index (χ2v) is 4.78. The predicted octanol–water partition coefficient (Wildman–Crippen LogP) is 2.86. The number of esters is 2. The summed E-state index contributed by atoms with van der Waals surface area (Å²) in [6, 6.07) is 0. The fraction of sp³-hybridized carbons (Fsp3) is 0.571. The highest BCUT2D eigenvalue weighted by Crippen LogP contribution is 2.14. The molecule has 6 heteroatoms. The quantitative estimate of drug-likeness (QED) is 0.389. The third kappa shape index (κ3) is 6.82. The van der Waals surface area contributed by atoms with Gasteiger partial charge in [0, 0.05) is 24.0 Å². The molecule has 0 rings (SSSR count). The van der Waals surface area contributed by atoms with Crippen molar-refractivity contribution in [2.45, 2.75) is 40.2 Å². The van der Waals surface area contributed by atoms with Crippen LogP contribution in [0, 0.1) is 11.8 Å². The van der Waals surface area contributed by atoms with Crippen LogP contribution in [0.1, 0.15) is 27.7 Å². The lowest BCUT2D eigenvalue weighted by Gasteiger charge is -2.18. The Labute approximate surface area is 119 Å². The molecule has 0 aliphatic heterocycles. The molecule has 0 saturated heterocycles. The molecule has 0 bridgehead atoms. The van der Waals surface area contributed by atoms with Gasteiger partial charge in [0.05, 0.1) is 0 Å². The zero-order valence-electron chi connectivity index (χ0n) is 12.4. The lowest BCUT2D eigenvalue weighted by atomic mass is 10.2. The largest absolute Gasteiger partial charge is 0.435 e. The number of hydrogen-bond acceptors (Lipinski definition) is 6. The Morgan fingerprint density at radius 3 is 1.35 bits per heavy atom. The SMILES string of the molecule is C=CC(=O)OC(/N=N/C(OC(=O)C=C)C(C)C)C(C)C. The van der Waals surface area contributed by atoms with Crippen molar-refractivity contribution in [1.82, 2.24) is 0 Å². The molecule has 6 nitrogen and oxygen atoms in total. The first-order valence-electron chi connectivity index (χ1n) is 6.37. The number of nitrogens with zero attached hydrogens (tertiary/aromatic N) is 2. The standard InChI is InChI=1S/C14H22N2O4/c1-7-11(17)19-13(9(3)4)15-16-14(10(5)6)20-12(18)8-2/h7-10,13-14H,1-2H2,3-6H3/b16-15+. The first-order chi connectivity index (χ1) is 9.31. The average molecular weight is 282 g/mol. The molecular formula is C14H22N2O4. The fourth-order valence-electron chi connectivity index (χ4n) is 1.05. The number of azo groups is 1. The van der Waals surface area contributed by atoms with Gasteiger partial charge in [0.1, 0.15) is 0 Å². The minimum absolute atomic E-state index is 0.0643. The summed E-state index contributed by atoms with van der Waals surface area (Å²) < 4.78 is 10.1. The molecule has 0 spiro atoms. The van der Waals surface area contributed by atoms with Gasteiger partial charge >= 0.3 is 11.9 Å². The van der Waals surface area contributed by atoms with Crippen LogP contribution in [0.2, 0.25) is 0 Å². The van der Waals surface area contributed by atoms with E-state index < -0.39 is 24.4 Å². The third-order valence-corrected chi connectivity index (χ3v) is 2.24.